The smallest absolute Gasteiger partial charge is 0.575 e. The Morgan fingerprint density at radius 2 is 0.925 bits per heavy atom. The molecule has 4 rings (SSSR count). The maximum absolute atomic E-state index is 12.3. The third-order valence-corrected chi connectivity index (χ3v) is 7.95. The molecule has 0 aromatic heterocycles. The van der Waals surface area contributed by atoms with Gasteiger partial charge >= 0.3 is 16.5 Å². The summed E-state index contributed by atoms with van der Waals surface area (Å²) in [4.78, 5) is 50.6. The minimum absolute atomic E-state index is 0. The van der Waals surface area contributed by atoms with Gasteiger partial charge in [0.25, 0.3) is 23.6 Å². The van der Waals surface area contributed by atoms with Gasteiger partial charge in [0.2, 0.25) is 0 Å². The molecule has 0 radical (unpaired) electrons. The van der Waals surface area contributed by atoms with Crippen LogP contribution in [0.5, 0.6) is 0 Å². The van der Waals surface area contributed by atoms with E-state index in [9.17, 15) is 19.2 Å². The van der Waals surface area contributed by atoms with Gasteiger partial charge in [0.15, 0.2) is 0 Å². The maximum atomic E-state index is 12.3. The van der Waals surface area contributed by atoms with Crippen LogP contribution in [0.25, 0.3) is 10.9 Å². The summed E-state index contributed by atoms with van der Waals surface area (Å²) in [6, 6.07) is 12.9. The van der Waals surface area contributed by atoms with Crippen LogP contribution in [0, 0.1) is 22.7 Å². The number of carbonyl (C=O) groups is 4. The predicted molar refractivity (Wildman–Crippen MR) is 199 cm³/mol. The van der Waals surface area contributed by atoms with Crippen LogP contribution in [0.3, 0.4) is 0 Å². The second-order valence-electron chi connectivity index (χ2n) is 9.23. The molecule has 53 heavy (non-hydrogen) atoms. The zero-order chi connectivity index (χ0) is 38.3. The molecule has 0 saturated carbocycles. The van der Waals surface area contributed by atoms with Crippen molar-refractivity contribution in [1.82, 2.24) is 9.80 Å². The first-order valence-electron chi connectivity index (χ1n) is 14.1. The van der Waals surface area contributed by atoms with E-state index in [1.54, 1.807) is 38.1 Å². The van der Waals surface area contributed by atoms with Crippen molar-refractivity contribution in [3.8, 4) is 12.1 Å². The Bertz CT molecular complexity index is 1740. The molecule has 21 heteroatoms. The van der Waals surface area contributed by atoms with Crippen molar-refractivity contribution < 1.29 is 56.8 Å². The van der Waals surface area contributed by atoms with E-state index in [1.165, 1.54) is 26.0 Å². The number of benzene rings is 2. The molecular formula is C32H34Cl4N8NiO8. The first kappa shape index (κ1) is 53.0. The second kappa shape index (κ2) is 25.6. The molecule has 0 bridgehead atoms. The Labute approximate surface area is 335 Å². The van der Waals surface area contributed by atoms with Gasteiger partial charge in [0.1, 0.15) is 34.7 Å². The fourth-order valence-electron chi connectivity index (χ4n) is 3.97. The summed E-state index contributed by atoms with van der Waals surface area (Å²) in [5, 5.41) is 41.4. The number of imide groups is 2. The number of likely N-dealkylation sites (N-methyl/N-ethyl adjacent to an activating group) is 2. The summed E-state index contributed by atoms with van der Waals surface area (Å²) in [6.07, 6.45) is 0. The minimum atomic E-state index is -0.619. The summed E-state index contributed by atoms with van der Waals surface area (Å²) in [6.45, 7) is 6.54. The van der Waals surface area contributed by atoms with E-state index in [-0.39, 0.29) is 74.2 Å². The van der Waals surface area contributed by atoms with Gasteiger partial charge in [-0.05, 0) is 39.8 Å². The molecule has 4 amide bonds. The molecule has 16 nitrogen and oxygen atoms in total. The van der Waals surface area contributed by atoms with Crippen molar-refractivity contribution in [2.75, 3.05) is 27.3 Å². The molecule has 288 valence electrons. The van der Waals surface area contributed by atoms with Crippen LogP contribution in [0.2, 0.25) is 20.1 Å². The van der Waals surface area contributed by atoms with Crippen LogP contribution in [0.4, 0.5) is 11.4 Å². The maximum Gasteiger partial charge on any atom is 2.00 e. The van der Waals surface area contributed by atoms with Gasteiger partial charge in [-0.3, -0.25) is 29.0 Å². The van der Waals surface area contributed by atoms with Crippen molar-refractivity contribution in [3.63, 3.8) is 0 Å². The number of hydrogen-bond donors (Lipinski definition) is 2. The summed E-state index contributed by atoms with van der Waals surface area (Å²) in [7, 11) is 2.00. The number of carbonyl (C=O) groups excluding carboxylic acids is 4. The number of nitriles is 2. The van der Waals surface area contributed by atoms with Crippen molar-refractivity contribution >= 4 is 92.8 Å². The van der Waals surface area contributed by atoms with Gasteiger partial charge in [-0.15, -0.1) is 11.4 Å². The molecule has 2 aromatic rings. The third kappa shape index (κ3) is 12.9. The van der Waals surface area contributed by atoms with Gasteiger partial charge < -0.3 is 42.2 Å². The van der Waals surface area contributed by atoms with Crippen molar-refractivity contribution in [2.45, 2.75) is 27.7 Å². The topological polar surface area (TPSA) is 279 Å². The number of hydrogen-bond acceptors (Lipinski definition) is 10. The molecule has 0 atom stereocenters. The standard InChI is InChI=1S/2C15H12Cl2N4O2.2CH4O.Ni.2H2O/c2*1-3-21-14(22)10(7-18)8(2)13(15(21)23)20-19-9-4-5-11(16)12(17)6-9;2*1-2;;;/h2*4-6H,3H2,1-2H3,(H,19,22,23);2*2H,1H3;;2*1H2/q;;;;+2;;/p-2. The van der Waals surface area contributed by atoms with Gasteiger partial charge in [-0.2, -0.15) is 10.5 Å². The molecule has 0 fully saturated rings. The van der Waals surface area contributed by atoms with Crippen LogP contribution in [0.15, 0.2) is 68.9 Å². The van der Waals surface area contributed by atoms with E-state index in [4.69, 9.17) is 67.1 Å². The van der Waals surface area contributed by atoms with E-state index in [0.29, 0.717) is 31.5 Å². The van der Waals surface area contributed by atoms with Gasteiger partial charge in [0, 0.05) is 38.5 Å². The number of rotatable bonds is 6. The molecule has 2 aliphatic heterocycles. The normalized spacial score (nSPS) is 14.8. The number of nitrogens with zero attached hydrogens (tertiary/aromatic N) is 8. The molecule has 0 spiro atoms. The minimum Gasteiger partial charge on any atom is -0.575 e. The van der Waals surface area contributed by atoms with E-state index in [0.717, 1.165) is 24.0 Å². The fraction of sp³-hybridized carbons (Fsp3) is 0.250. The zero-order valence-corrected chi connectivity index (χ0v) is 32.8. The molecule has 2 heterocycles. The van der Waals surface area contributed by atoms with Crippen molar-refractivity contribution in [3.05, 3.63) is 89.6 Å². The summed E-state index contributed by atoms with van der Waals surface area (Å²) in [5.41, 5.74) is 8.75. The average molecular weight is 859 g/mol. The van der Waals surface area contributed by atoms with E-state index >= 15 is 0 Å². The van der Waals surface area contributed by atoms with Gasteiger partial charge in [-0.1, -0.05) is 70.7 Å². The number of aliphatic hydroxyl groups is 2. The van der Waals surface area contributed by atoms with Crippen LogP contribution in [-0.2, 0) is 35.7 Å². The number of aliphatic hydroxyl groups excluding tert-OH is 2. The second-order valence-corrected chi connectivity index (χ2v) is 10.9. The fourth-order valence-corrected chi connectivity index (χ4v) is 4.56. The molecule has 0 saturated heterocycles. The van der Waals surface area contributed by atoms with Gasteiger partial charge in [0.05, 0.1) is 20.1 Å². The third-order valence-electron chi connectivity index (χ3n) is 6.47. The molecule has 2 aromatic carbocycles. The average Bonchev–Trinajstić information content (AvgIpc) is 3.10. The molecule has 0 unspecified atom stereocenters. The van der Waals surface area contributed by atoms with E-state index < -0.39 is 23.6 Å². The van der Waals surface area contributed by atoms with E-state index in [2.05, 4.69) is 21.1 Å². The largest absolute Gasteiger partial charge is 2.00 e. The van der Waals surface area contributed by atoms with Gasteiger partial charge in [-0.25, -0.2) is 0 Å². The Balaban J connectivity index is -0.000000820. The van der Waals surface area contributed by atoms with Crippen LogP contribution < -0.4 is 0 Å². The monoisotopic (exact) mass is 856 g/mol. The molecule has 6 N–H and O–H groups in total. The molecule has 0 aliphatic carbocycles. The Morgan fingerprint density at radius 1 is 0.623 bits per heavy atom. The number of amides is 4. The van der Waals surface area contributed by atoms with Crippen molar-refractivity contribution in [1.29, 1.82) is 10.5 Å². The number of halogens is 4. The summed E-state index contributed by atoms with van der Waals surface area (Å²) < 4.78 is 0. The Morgan fingerprint density at radius 3 is 1.17 bits per heavy atom. The zero-order valence-electron chi connectivity index (χ0n) is 28.8. The van der Waals surface area contributed by atoms with Crippen molar-refractivity contribution in [2.24, 2.45) is 10.2 Å². The first-order valence-corrected chi connectivity index (χ1v) is 15.6. The predicted octanol–water partition coefficient (Wildman–Crippen LogP) is 4.73. The van der Waals surface area contributed by atoms with Crippen LogP contribution in [-0.4, -0.2) is 93.3 Å². The Hall–Kier alpha value is -4.39. The van der Waals surface area contributed by atoms with Crippen LogP contribution in [0.1, 0.15) is 27.7 Å². The SMILES string of the molecule is CCN1C(=O)C(C#N)=C(C)/C(=N/[N-]c2ccc(Cl)c(Cl)c2)C1=O.CCN1C(=O)C(C#N)=C(C)/C(=N/[N-]c2ccc(Cl)c(Cl)c2)C1=O.CO.CO.O.O.[Ni+2]. The summed E-state index contributed by atoms with van der Waals surface area (Å²) >= 11 is 23.4. The summed E-state index contributed by atoms with van der Waals surface area (Å²) in [5.74, 6) is -2.41. The Kier molecular flexibility index (Phi) is 25.6. The first-order chi connectivity index (χ1) is 23.8. The quantitative estimate of drug-likeness (QED) is 0.232. The molecular weight excluding hydrogens is 825 g/mol. The van der Waals surface area contributed by atoms with E-state index in [1.807, 2.05) is 12.1 Å². The van der Waals surface area contributed by atoms with Crippen LogP contribution >= 0.6 is 46.4 Å². The molecule has 2 aliphatic rings.